The van der Waals surface area contributed by atoms with Crippen molar-refractivity contribution in [1.82, 2.24) is 18.5 Å². The van der Waals surface area contributed by atoms with E-state index in [2.05, 4.69) is 9.29 Å². The summed E-state index contributed by atoms with van der Waals surface area (Å²) in [7, 11) is -2.91. The highest BCUT2D eigenvalue weighted by Crippen LogP contribution is 2.47. The zero-order valence-electron chi connectivity index (χ0n) is 25.7. The molecule has 1 aliphatic carbocycles. The molecule has 1 saturated carbocycles. The number of nitrogens with zero attached hydrogens (tertiary/aromatic N) is 3. The first kappa shape index (κ1) is 31.3. The van der Waals surface area contributed by atoms with Crippen molar-refractivity contribution in [3.05, 3.63) is 58.7 Å². The first-order chi connectivity index (χ1) is 21.4. The summed E-state index contributed by atoms with van der Waals surface area (Å²) in [6.07, 6.45) is 7.29. The third-order valence-electron chi connectivity index (χ3n) is 9.16. The quantitative estimate of drug-likeness (QED) is 0.430. The van der Waals surface area contributed by atoms with Gasteiger partial charge in [-0.2, -0.15) is 12.7 Å². The number of nitrogens with one attached hydrogen (secondary N) is 1. The van der Waals surface area contributed by atoms with Gasteiger partial charge in [0.25, 0.3) is 11.8 Å². The topological polar surface area (TPSA) is 135 Å². The second-order valence-electron chi connectivity index (χ2n) is 12.2. The van der Waals surface area contributed by atoms with Gasteiger partial charge in [0.15, 0.2) is 9.84 Å². The van der Waals surface area contributed by atoms with E-state index in [1.165, 1.54) is 20.5 Å². The van der Waals surface area contributed by atoms with Gasteiger partial charge in [0, 0.05) is 54.8 Å². The molecule has 240 valence electrons. The Hall–Kier alpha value is -3.68. The number of methoxy groups -OCH3 is 1. The molecule has 1 N–H and O–H groups in total. The maximum absolute atomic E-state index is 14.0. The van der Waals surface area contributed by atoms with Gasteiger partial charge in [-0.3, -0.25) is 9.59 Å². The van der Waals surface area contributed by atoms with Crippen molar-refractivity contribution in [3.63, 3.8) is 0 Å². The Balaban J connectivity index is 1.54. The summed E-state index contributed by atoms with van der Waals surface area (Å²) in [4.78, 5) is 28.8. The van der Waals surface area contributed by atoms with Crippen molar-refractivity contribution in [1.29, 1.82) is 0 Å². The predicted molar refractivity (Wildman–Crippen MR) is 173 cm³/mol. The van der Waals surface area contributed by atoms with Gasteiger partial charge in [-0.15, -0.1) is 0 Å². The summed E-state index contributed by atoms with van der Waals surface area (Å²) in [6.45, 7) is 0.445. The fourth-order valence-electron chi connectivity index (χ4n) is 6.70. The maximum atomic E-state index is 14.0. The Kier molecular flexibility index (Phi) is 8.29. The number of amides is 2. The number of hydrogen-bond donors (Lipinski definition) is 1. The molecule has 2 amide bonds. The smallest absolute Gasteiger partial charge is 0.303 e. The third kappa shape index (κ3) is 6.00. The minimum atomic E-state index is -4.01. The molecule has 3 heterocycles. The molecular formula is C32H38N4O7S2. The number of carbonyl (C=O) groups is 2. The number of sulfone groups is 1. The fraction of sp³-hybridized carbons (Fsp3) is 0.438. The second-order valence-corrected chi connectivity index (χ2v) is 16.4. The van der Waals surface area contributed by atoms with E-state index in [9.17, 15) is 26.4 Å². The Bertz CT molecular complexity index is 1920. The highest BCUT2D eigenvalue weighted by molar-refractivity contribution is 7.91. The van der Waals surface area contributed by atoms with Crippen LogP contribution in [0.2, 0.25) is 0 Å². The van der Waals surface area contributed by atoms with E-state index in [4.69, 9.17) is 4.74 Å². The molecule has 0 atom stereocenters. The van der Waals surface area contributed by atoms with Gasteiger partial charge in [0.2, 0.25) is 0 Å². The largest absolute Gasteiger partial charge is 0.497 e. The maximum Gasteiger partial charge on any atom is 0.303 e. The number of rotatable bonds is 6. The van der Waals surface area contributed by atoms with E-state index in [1.807, 2.05) is 30.3 Å². The summed E-state index contributed by atoms with van der Waals surface area (Å²) < 4.78 is 59.8. The number of hydrogen-bond acceptors (Lipinski definition) is 7. The molecule has 1 saturated heterocycles. The zero-order valence-corrected chi connectivity index (χ0v) is 27.3. The van der Waals surface area contributed by atoms with Gasteiger partial charge in [0.1, 0.15) is 5.75 Å². The monoisotopic (exact) mass is 654 g/mol. The molecule has 6 rings (SSSR count). The van der Waals surface area contributed by atoms with Crippen molar-refractivity contribution in [2.24, 2.45) is 0 Å². The molecule has 0 radical (unpaired) electrons. The van der Waals surface area contributed by atoms with E-state index in [0.29, 0.717) is 11.3 Å². The molecule has 3 aliphatic rings. The molecule has 11 nitrogen and oxygen atoms in total. The van der Waals surface area contributed by atoms with Crippen molar-refractivity contribution in [2.45, 2.75) is 44.6 Å². The first-order valence-electron chi connectivity index (χ1n) is 15.2. The normalized spacial score (nSPS) is 18.6. The van der Waals surface area contributed by atoms with Crippen LogP contribution >= 0.6 is 0 Å². The van der Waals surface area contributed by atoms with Crippen LogP contribution in [-0.4, -0.2) is 88.2 Å². The summed E-state index contributed by atoms with van der Waals surface area (Å²) in [5.74, 6) is -0.224. The van der Waals surface area contributed by atoms with E-state index in [1.54, 1.807) is 24.1 Å². The fourth-order valence-corrected chi connectivity index (χ4v) is 8.43. The Morgan fingerprint density at radius 3 is 2.38 bits per heavy atom. The molecule has 2 fully saturated rings. The van der Waals surface area contributed by atoms with Crippen LogP contribution in [0, 0.1) is 0 Å². The molecule has 2 aromatic carbocycles. The van der Waals surface area contributed by atoms with Gasteiger partial charge in [0.05, 0.1) is 30.9 Å². The minimum absolute atomic E-state index is 0.0751. The van der Waals surface area contributed by atoms with E-state index in [-0.39, 0.29) is 48.5 Å². The second kappa shape index (κ2) is 11.9. The zero-order chi connectivity index (χ0) is 32.1. The SMILES string of the molecule is COc1ccc2c(c1)C=C(C(=O)N1CCS(=O)(=O)CC1)Cn1c-2c(C2CCCCC2)c2ccc(C(=O)NS(=O)(=O)N(C)C)cc21. The lowest BCUT2D eigenvalue weighted by Gasteiger charge is -2.28. The lowest BCUT2D eigenvalue weighted by atomic mass is 9.81. The number of carbonyl (C=O) groups excluding carboxylic acids is 2. The molecule has 2 aliphatic heterocycles. The molecule has 45 heavy (non-hydrogen) atoms. The Labute approximate surface area is 263 Å². The Morgan fingerprint density at radius 1 is 1.00 bits per heavy atom. The van der Waals surface area contributed by atoms with E-state index in [0.717, 1.165) is 63.3 Å². The highest BCUT2D eigenvalue weighted by atomic mass is 32.2. The highest BCUT2D eigenvalue weighted by Gasteiger charge is 2.33. The molecule has 1 aromatic heterocycles. The number of fused-ring (bicyclic) bond motifs is 5. The van der Waals surface area contributed by atoms with Gasteiger partial charge >= 0.3 is 10.2 Å². The van der Waals surface area contributed by atoms with Crippen molar-refractivity contribution in [3.8, 4) is 17.0 Å². The minimum Gasteiger partial charge on any atom is -0.497 e. The average Bonchev–Trinajstić information content (AvgIpc) is 3.23. The predicted octanol–water partition coefficient (Wildman–Crippen LogP) is 3.55. The van der Waals surface area contributed by atoms with Crippen LogP contribution in [0.5, 0.6) is 5.75 Å². The third-order valence-corrected chi connectivity index (χ3v) is 12.2. The van der Waals surface area contributed by atoms with Gasteiger partial charge in [-0.1, -0.05) is 25.3 Å². The summed E-state index contributed by atoms with van der Waals surface area (Å²) in [5, 5.41) is 0.962. The van der Waals surface area contributed by atoms with Crippen molar-refractivity contribution >= 4 is 48.8 Å². The molecule has 0 spiro atoms. The first-order valence-corrected chi connectivity index (χ1v) is 18.4. The lowest BCUT2D eigenvalue weighted by Crippen LogP contribution is -2.44. The number of benzene rings is 2. The van der Waals surface area contributed by atoms with Crippen molar-refractivity contribution < 1.29 is 31.2 Å². The number of aromatic nitrogens is 1. The van der Waals surface area contributed by atoms with Crippen LogP contribution in [0.1, 0.15) is 59.5 Å². The van der Waals surface area contributed by atoms with E-state index < -0.39 is 26.0 Å². The Morgan fingerprint density at radius 2 is 1.71 bits per heavy atom. The lowest BCUT2D eigenvalue weighted by molar-refractivity contribution is -0.126. The molecule has 0 bridgehead atoms. The van der Waals surface area contributed by atoms with Crippen LogP contribution in [0.4, 0.5) is 0 Å². The summed E-state index contributed by atoms with van der Waals surface area (Å²) >= 11 is 0. The van der Waals surface area contributed by atoms with Crippen LogP contribution in [0.15, 0.2) is 42.0 Å². The van der Waals surface area contributed by atoms with Crippen LogP contribution in [0.3, 0.4) is 0 Å². The van der Waals surface area contributed by atoms with E-state index >= 15 is 0 Å². The van der Waals surface area contributed by atoms with Gasteiger partial charge in [-0.05, 0) is 66.3 Å². The van der Waals surface area contributed by atoms with Gasteiger partial charge < -0.3 is 14.2 Å². The van der Waals surface area contributed by atoms with Crippen LogP contribution in [-0.2, 0) is 31.4 Å². The molecular weight excluding hydrogens is 617 g/mol. The average molecular weight is 655 g/mol. The standard InChI is InChI=1S/C32H38N4O7S2/c1-34(2)45(41,42)33-31(37)22-9-11-27-28(19-22)36-20-24(32(38)35-13-15-44(39,40)16-14-35)17-23-18-25(43-3)10-12-26(23)30(36)29(27)21-7-5-4-6-8-21/h9-12,17-19,21H,4-8,13-16,20H2,1-3H3,(H,33,37). The summed E-state index contributed by atoms with van der Waals surface area (Å²) in [5.41, 5.74) is 5.27. The van der Waals surface area contributed by atoms with Gasteiger partial charge in [-0.25, -0.2) is 13.1 Å². The molecule has 13 heteroatoms. The summed E-state index contributed by atoms with van der Waals surface area (Å²) in [6, 6.07) is 11.1. The van der Waals surface area contributed by atoms with Crippen molar-refractivity contribution in [2.75, 3.05) is 45.8 Å². The molecule has 0 unspecified atom stereocenters. The van der Waals surface area contributed by atoms with Crippen LogP contribution < -0.4 is 9.46 Å². The molecule has 3 aromatic rings. The number of ether oxygens (including phenoxy) is 1. The van der Waals surface area contributed by atoms with Crippen LogP contribution in [0.25, 0.3) is 28.2 Å².